The third-order valence-electron chi connectivity index (χ3n) is 4.31. The van der Waals surface area contributed by atoms with Crippen LogP contribution in [0, 0.1) is 6.92 Å². The van der Waals surface area contributed by atoms with Crippen LogP contribution in [0.3, 0.4) is 0 Å². The largest absolute Gasteiger partial charge is 0.479 e. The number of aromatic nitrogens is 1. The van der Waals surface area contributed by atoms with Crippen LogP contribution >= 0.6 is 27.3 Å². The minimum Gasteiger partial charge on any atom is -0.479 e. The highest BCUT2D eigenvalue weighted by molar-refractivity contribution is 9.10. The summed E-state index contributed by atoms with van der Waals surface area (Å²) in [4.78, 5) is 29.8. The van der Waals surface area contributed by atoms with Crippen LogP contribution in [-0.2, 0) is 4.79 Å². The quantitative estimate of drug-likeness (QED) is 0.588. The van der Waals surface area contributed by atoms with Crippen LogP contribution < -0.4 is 15.4 Å². The third kappa shape index (κ3) is 3.65. The maximum Gasteiger partial charge on any atom is 0.265 e. The molecule has 0 bridgehead atoms. The summed E-state index contributed by atoms with van der Waals surface area (Å²) in [7, 11) is 0. The number of ether oxygens (including phenoxy) is 1. The standard InChI is InChI=1S/C20H16BrN3O3S/c1-10-18(25)22-15-9-13(5-8-16(15)27-10)17-11(2)28-20(23-17)24-19(26)12-3-6-14(21)7-4-12/h3-10H,1-2H3,(H,22,25)(H,23,24,26)/t10-/m1/s1. The summed E-state index contributed by atoms with van der Waals surface area (Å²) < 4.78 is 6.50. The number of amides is 2. The molecule has 1 aromatic heterocycles. The molecule has 0 radical (unpaired) electrons. The van der Waals surface area contributed by atoms with Gasteiger partial charge in [0.1, 0.15) is 5.75 Å². The number of halogens is 1. The van der Waals surface area contributed by atoms with Crippen molar-refractivity contribution in [2.24, 2.45) is 0 Å². The van der Waals surface area contributed by atoms with E-state index in [1.807, 2.05) is 37.3 Å². The van der Waals surface area contributed by atoms with E-state index in [1.54, 1.807) is 19.1 Å². The molecule has 1 atom stereocenters. The fraction of sp³-hybridized carbons (Fsp3) is 0.150. The van der Waals surface area contributed by atoms with Crippen LogP contribution in [0.2, 0.25) is 0 Å². The van der Waals surface area contributed by atoms with Gasteiger partial charge >= 0.3 is 0 Å². The molecule has 8 heteroatoms. The number of hydrogen-bond donors (Lipinski definition) is 2. The number of hydrogen-bond acceptors (Lipinski definition) is 5. The minimum atomic E-state index is -0.514. The first kappa shape index (κ1) is 18.6. The lowest BCUT2D eigenvalue weighted by molar-refractivity contribution is -0.122. The Morgan fingerprint density at radius 3 is 2.75 bits per heavy atom. The lowest BCUT2D eigenvalue weighted by Gasteiger charge is -2.23. The molecule has 2 heterocycles. The monoisotopic (exact) mass is 457 g/mol. The van der Waals surface area contributed by atoms with Crippen molar-refractivity contribution in [1.82, 2.24) is 4.98 Å². The van der Waals surface area contributed by atoms with Gasteiger partial charge in [0.25, 0.3) is 11.8 Å². The molecule has 2 amide bonds. The molecule has 142 valence electrons. The van der Waals surface area contributed by atoms with E-state index in [9.17, 15) is 9.59 Å². The highest BCUT2D eigenvalue weighted by Gasteiger charge is 2.24. The Kier molecular flexibility index (Phi) is 4.91. The summed E-state index contributed by atoms with van der Waals surface area (Å²) in [6.45, 7) is 3.65. The molecular formula is C20H16BrN3O3S. The number of carbonyl (C=O) groups excluding carboxylic acids is 2. The van der Waals surface area contributed by atoms with Crippen molar-refractivity contribution in [2.45, 2.75) is 20.0 Å². The minimum absolute atomic E-state index is 0.179. The van der Waals surface area contributed by atoms with Crippen LogP contribution in [0.1, 0.15) is 22.2 Å². The van der Waals surface area contributed by atoms with E-state index in [0.29, 0.717) is 22.1 Å². The number of rotatable bonds is 3. The average molecular weight is 458 g/mol. The topological polar surface area (TPSA) is 80.3 Å². The second-order valence-corrected chi connectivity index (χ2v) is 8.46. The van der Waals surface area contributed by atoms with Crippen molar-refractivity contribution < 1.29 is 14.3 Å². The van der Waals surface area contributed by atoms with E-state index in [4.69, 9.17) is 4.74 Å². The van der Waals surface area contributed by atoms with Crippen molar-refractivity contribution in [1.29, 1.82) is 0 Å². The number of aryl methyl sites for hydroxylation is 1. The summed E-state index contributed by atoms with van der Waals surface area (Å²) in [6, 6.07) is 12.7. The molecule has 0 fully saturated rings. The Labute approximate surface area is 174 Å². The number of fused-ring (bicyclic) bond motifs is 1. The molecule has 0 spiro atoms. The second kappa shape index (κ2) is 7.37. The normalized spacial score (nSPS) is 15.4. The predicted octanol–water partition coefficient (Wildman–Crippen LogP) is 4.85. The fourth-order valence-electron chi connectivity index (χ4n) is 2.84. The zero-order valence-corrected chi connectivity index (χ0v) is 17.5. The molecule has 4 rings (SSSR count). The van der Waals surface area contributed by atoms with E-state index >= 15 is 0 Å². The molecule has 0 aliphatic carbocycles. The Morgan fingerprint density at radius 1 is 1.25 bits per heavy atom. The SMILES string of the molecule is Cc1sc(NC(=O)c2ccc(Br)cc2)nc1-c1ccc2c(c1)NC(=O)[C@@H](C)O2. The van der Waals surface area contributed by atoms with Gasteiger partial charge in [-0.3, -0.25) is 14.9 Å². The summed E-state index contributed by atoms with van der Waals surface area (Å²) in [5, 5.41) is 6.21. The van der Waals surface area contributed by atoms with E-state index in [0.717, 1.165) is 20.6 Å². The maximum atomic E-state index is 12.4. The fourth-order valence-corrected chi connectivity index (χ4v) is 3.94. The summed E-state index contributed by atoms with van der Waals surface area (Å²) in [5.41, 5.74) is 2.77. The zero-order chi connectivity index (χ0) is 19.8. The number of nitrogens with zero attached hydrogens (tertiary/aromatic N) is 1. The highest BCUT2D eigenvalue weighted by Crippen LogP contribution is 2.37. The van der Waals surface area contributed by atoms with E-state index in [2.05, 4.69) is 31.5 Å². The van der Waals surface area contributed by atoms with Crippen molar-refractivity contribution in [3.05, 3.63) is 57.4 Å². The molecule has 2 N–H and O–H groups in total. The van der Waals surface area contributed by atoms with Gasteiger partial charge in [-0.2, -0.15) is 0 Å². The van der Waals surface area contributed by atoms with Crippen molar-refractivity contribution in [2.75, 3.05) is 10.6 Å². The van der Waals surface area contributed by atoms with E-state index < -0.39 is 6.10 Å². The Morgan fingerprint density at radius 2 is 2.00 bits per heavy atom. The lowest BCUT2D eigenvalue weighted by atomic mass is 10.1. The van der Waals surface area contributed by atoms with Crippen LogP contribution in [0.5, 0.6) is 5.75 Å². The van der Waals surface area contributed by atoms with Gasteiger partial charge in [0.2, 0.25) is 0 Å². The summed E-state index contributed by atoms with van der Waals surface area (Å²) >= 11 is 4.76. The first-order valence-corrected chi connectivity index (χ1v) is 10.2. The molecule has 0 saturated heterocycles. The molecule has 0 unspecified atom stereocenters. The van der Waals surface area contributed by atoms with Crippen molar-refractivity contribution in [3.63, 3.8) is 0 Å². The van der Waals surface area contributed by atoms with Gasteiger partial charge in [-0.1, -0.05) is 15.9 Å². The number of anilines is 2. The molecular weight excluding hydrogens is 442 g/mol. The first-order valence-electron chi connectivity index (χ1n) is 8.57. The molecule has 1 aliphatic heterocycles. The summed E-state index contributed by atoms with van der Waals surface area (Å²) in [6.07, 6.45) is -0.514. The van der Waals surface area contributed by atoms with E-state index in [1.165, 1.54) is 11.3 Å². The highest BCUT2D eigenvalue weighted by atomic mass is 79.9. The van der Waals surface area contributed by atoms with Gasteiger partial charge in [0.15, 0.2) is 11.2 Å². The van der Waals surface area contributed by atoms with Gasteiger partial charge in [0.05, 0.1) is 11.4 Å². The van der Waals surface area contributed by atoms with Crippen LogP contribution in [0.4, 0.5) is 10.8 Å². The predicted molar refractivity (Wildman–Crippen MR) is 113 cm³/mol. The number of nitrogens with one attached hydrogen (secondary N) is 2. The van der Waals surface area contributed by atoms with Crippen LogP contribution in [-0.4, -0.2) is 22.9 Å². The Bertz CT molecular complexity index is 1080. The zero-order valence-electron chi connectivity index (χ0n) is 15.1. The summed E-state index contributed by atoms with van der Waals surface area (Å²) in [5.74, 6) is 0.238. The maximum absolute atomic E-state index is 12.4. The molecule has 28 heavy (non-hydrogen) atoms. The molecule has 6 nitrogen and oxygen atoms in total. The molecule has 3 aromatic rings. The van der Waals surface area contributed by atoms with Gasteiger partial charge in [-0.15, -0.1) is 11.3 Å². The average Bonchev–Trinajstić information content (AvgIpc) is 3.03. The number of thiazole rings is 1. The van der Waals surface area contributed by atoms with Gasteiger partial charge in [0, 0.05) is 20.5 Å². The Hall–Kier alpha value is -2.71. The van der Waals surface area contributed by atoms with Crippen molar-refractivity contribution >= 4 is 49.9 Å². The van der Waals surface area contributed by atoms with Gasteiger partial charge in [-0.05, 0) is 56.3 Å². The van der Waals surface area contributed by atoms with E-state index in [-0.39, 0.29) is 11.8 Å². The second-order valence-electron chi connectivity index (χ2n) is 6.35. The number of carbonyl (C=O) groups is 2. The van der Waals surface area contributed by atoms with Gasteiger partial charge < -0.3 is 10.1 Å². The molecule has 2 aromatic carbocycles. The number of benzene rings is 2. The van der Waals surface area contributed by atoms with Crippen LogP contribution in [0.15, 0.2) is 46.9 Å². The van der Waals surface area contributed by atoms with Crippen LogP contribution in [0.25, 0.3) is 11.3 Å². The first-order chi connectivity index (χ1) is 13.4. The van der Waals surface area contributed by atoms with Gasteiger partial charge in [-0.25, -0.2) is 4.98 Å². The lowest BCUT2D eigenvalue weighted by Crippen LogP contribution is -2.34. The molecule has 0 saturated carbocycles. The van der Waals surface area contributed by atoms with Crippen molar-refractivity contribution in [3.8, 4) is 17.0 Å². The Balaban J connectivity index is 1.58. The smallest absolute Gasteiger partial charge is 0.265 e. The molecule has 1 aliphatic rings. The third-order valence-corrected chi connectivity index (χ3v) is 5.72.